The molecule has 1 aliphatic heterocycles. The highest BCUT2D eigenvalue weighted by molar-refractivity contribution is 5.85. The minimum Gasteiger partial charge on any atom is -0.368 e. The number of likely N-dealkylation sites (N-methyl/N-ethyl adjacent to an activating group) is 1. The third-order valence-electron chi connectivity index (χ3n) is 4.47. The number of amides is 1. The molecule has 0 bridgehead atoms. The summed E-state index contributed by atoms with van der Waals surface area (Å²) in [6.07, 6.45) is 1.45. The lowest BCUT2D eigenvalue weighted by Gasteiger charge is -2.36. The molecule has 23 heavy (non-hydrogen) atoms. The van der Waals surface area contributed by atoms with Gasteiger partial charge in [0.2, 0.25) is 0 Å². The zero-order chi connectivity index (χ0) is 16.7. The second-order valence-electron chi connectivity index (χ2n) is 6.51. The molecule has 0 radical (unpaired) electrons. The van der Waals surface area contributed by atoms with E-state index in [9.17, 15) is 4.79 Å². The van der Waals surface area contributed by atoms with Crippen LogP contribution in [-0.4, -0.2) is 56.2 Å². The monoisotopic (exact) mass is 319 g/mol. The van der Waals surface area contributed by atoms with E-state index in [0.717, 1.165) is 39.0 Å². The summed E-state index contributed by atoms with van der Waals surface area (Å²) in [7, 11) is 3.71. The van der Waals surface area contributed by atoms with Gasteiger partial charge in [-0.2, -0.15) is 0 Å². The second kappa shape index (κ2) is 8.43. The molecule has 5 heteroatoms. The number of hydrogen-bond acceptors (Lipinski definition) is 4. The molecule has 1 fully saturated rings. The molecule has 1 amide bonds. The highest BCUT2D eigenvalue weighted by Crippen LogP contribution is 2.22. The average Bonchev–Trinajstić information content (AvgIpc) is 2.56. The van der Waals surface area contributed by atoms with Crippen molar-refractivity contribution in [1.82, 2.24) is 15.5 Å². The summed E-state index contributed by atoms with van der Waals surface area (Å²) in [5.41, 5.74) is 0.609. The van der Waals surface area contributed by atoms with Crippen LogP contribution in [0.4, 0.5) is 0 Å². The molecule has 2 rings (SSSR count). The molecule has 1 heterocycles. The summed E-state index contributed by atoms with van der Waals surface area (Å²) in [4.78, 5) is 14.8. The number of hydrogen-bond donors (Lipinski definition) is 2. The van der Waals surface area contributed by atoms with Crippen LogP contribution in [0.15, 0.2) is 30.3 Å². The summed E-state index contributed by atoms with van der Waals surface area (Å²) in [5, 5.41) is 6.40. The number of piperidine rings is 1. The Morgan fingerprint density at radius 2 is 2.00 bits per heavy atom. The number of methoxy groups -OCH3 is 1. The molecule has 1 aliphatic rings. The molecule has 1 unspecified atom stereocenters. The van der Waals surface area contributed by atoms with Crippen LogP contribution in [0.25, 0.3) is 0 Å². The van der Waals surface area contributed by atoms with Gasteiger partial charge in [-0.15, -0.1) is 0 Å². The minimum atomic E-state index is -0.669. The van der Waals surface area contributed by atoms with Crippen molar-refractivity contribution < 1.29 is 9.53 Å². The summed E-state index contributed by atoms with van der Waals surface area (Å²) in [6, 6.07) is 10.4. The lowest BCUT2D eigenvalue weighted by atomic mass is 9.91. The first kappa shape index (κ1) is 17.9. The van der Waals surface area contributed by atoms with E-state index in [2.05, 4.69) is 34.7 Å². The molecule has 1 aromatic carbocycles. The van der Waals surface area contributed by atoms with Gasteiger partial charge in [-0.25, -0.2) is 0 Å². The maximum Gasteiger partial charge on any atom is 0.252 e. The van der Waals surface area contributed by atoms with E-state index in [1.807, 2.05) is 25.1 Å². The number of ether oxygens (including phenoxy) is 1. The van der Waals surface area contributed by atoms with Crippen molar-refractivity contribution in [3.63, 3.8) is 0 Å². The van der Waals surface area contributed by atoms with Crippen LogP contribution >= 0.6 is 0 Å². The van der Waals surface area contributed by atoms with Gasteiger partial charge in [0.25, 0.3) is 5.91 Å². The molecule has 2 N–H and O–H groups in total. The number of nitrogens with zero attached hydrogens (tertiary/aromatic N) is 1. The smallest absolute Gasteiger partial charge is 0.252 e. The molecule has 128 valence electrons. The van der Waals surface area contributed by atoms with Crippen molar-refractivity contribution >= 4 is 5.91 Å². The first-order chi connectivity index (χ1) is 11.1. The Balaban J connectivity index is 1.83. The fraction of sp³-hybridized carbons (Fsp3) is 0.611. The normalized spacial score (nSPS) is 18.6. The van der Waals surface area contributed by atoms with Gasteiger partial charge < -0.3 is 20.3 Å². The number of carbonyl (C=O) groups excluding carboxylic acids is 1. The number of carbonyl (C=O) groups is 1. The van der Waals surface area contributed by atoms with Crippen LogP contribution in [0, 0.1) is 0 Å². The van der Waals surface area contributed by atoms with E-state index in [1.165, 1.54) is 5.56 Å². The molecule has 0 aromatic heterocycles. The Bertz CT molecular complexity index is 486. The first-order valence-electron chi connectivity index (χ1n) is 8.35. The van der Waals surface area contributed by atoms with Gasteiger partial charge in [-0.1, -0.05) is 30.3 Å². The highest BCUT2D eigenvalue weighted by atomic mass is 16.5. The Morgan fingerprint density at radius 1 is 1.35 bits per heavy atom. The van der Waals surface area contributed by atoms with Crippen molar-refractivity contribution in [3.8, 4) is 0 Å². The van der Waals surface area contributed by atoms with Gasteiger partial charge >= 0.3 is 0 Å². The number of nitrogens with one attached hydrogen (secondary N) is 2. The molecular formula is C18H29N3O2. The van der Waals surface area contributed by atoms with E-state index in [4.69, 9.17) is 4.74 Å². The first-order valence-corrected chi connectivity index (χ1v) is 8.35. The number of benzene rings is 1. The minimum absolute atomic E-state index is 0.0158. The molecule has 0 spiro atoms. The van der Waals surface area contributed by atoms with Crippen molar-refractivity contribution in [2.24, 2.45) is 0 Å². The van der Waals surface area contributed by atoms with Gasteiger partial charge in [-0.05, 0) is 45.5 Å². The van der Waals surface area contributed by atoms with Crippen LogP contribution < -0.4 is 10.6 Å². The predicted molar refractivity (Wildman–Crippen MR) is 92.2 cm³/mol. The highest BCUT2D eigenvalue weighted by Gasteiger charge is 2.40. The summed E-state index contributed by atoms with van der Waals surface area (Å²) >= 11 is 0. The zero-order valence-corrected chi connectivity index (χ0v) is 14.5. The van der Waals surface area contributed by atoms with Crippen molar-refractivity contribution in [1.29, 1.82) is 0 Å². The summed E-state index contributed by atoms with van der Waals surface area (Å²) in [5.74, 6) is 0.0158. The Morgan fingerprint density at radius 3 is 2.61 bits per heavy atom. The molecule has 5 nitrogen and oxygen atoms in total. The van der Waals surface area contributed by atoms with Crippen LogP contribution in [0.5, 0.6) is 0 Å². The van der Waals surface area contributed by atoms with Crippen molar-refractivity contribution in [2.45, 2.75) is 38.0 Å². The van der Waals surface area contributed by atoms with Crippen molar-refractivity contribution in [2.75, 3.05) is 33.8 Å². The van der Waals surface area contributed by atoms with Gasteiger partial charge in [0.15, 0.2) is 0 Å². The third-order valence-corrected chi connectivity index (χ3v) is 4.47. The molecule has 1 saturated heterocycles. The van der Waals surface area contributed by atoms with Gasteiger partial charge in [0.1, 0.15) is 5.60 Å². The molecule has 1 atom stereocenters. The lowest BCUT2D eigenvalue weighted by Crippen LogP contribution is -2.56. The second-order valence-corrected chi connectivity index (χ2v) is 6.51. The van der Waals surface area contributed by atoms with Crippen LogP contribution in [0.1, 0.15) is 25.3 Å². The molecule has 0 saturated carbocycles. The maximum absolute atomic E-state index is 12.6. The topological polar surface area (TPSA) is 53.6 Å². The maximum atomic E-state index is 12.6. The Labute approximate surface area is 139 Å². The summed E-state index contributed by atoms with van der Waals surface area (Å²) in [6.45, 7) is 5.37. The molecule has 0 aliphatic carbocycles. The van der Waals surface area contributed by atoms with Crippen LogP contribution in [0.3, 0.4) is 0 Å². The van der Waals surface area contributed by atoms with Crippen LogP contribution in [-0.2, 0) is 16.1 Å². The standard InChI is InChI=1S/C18H29N3O2/c1-15(13-21(2)14-16-7-5-4-6-8-16)20-17(22)18(23-3)9-11-19-12-10-18/h4-8,15,19H,9-14H2,1-3H3,(H,20,22). The van der Waals surface area contributed by atoms with E-state index >= 15 is 0 Å². The zero-order valence-electron chi connectivity index (χ0n) is 14.5. The van der Waals surface area contributed by atoms with E-state index in [1.54, 1.807) is 7.11 Å². The van der Waals surface area contributed by atoms with E-state index in [-0.39, 0.29) is 11.9 Å². The Kier molecular flexibility index (Phi) is 6.57. The van der Waals surface area contributed by atoms with E-state index < -0.39 is 5.60 Å². The molecular weight excluding hydrogens is 290 g/mol. The van der Waals surface area contributed by atoms with Gasteiger partial charge in [0, 0.05) is 26.2 Å². The quantitative estimate of drug-likeness (QED) is 0.797. The van der Waals surface area contributed by atoms with Gasteiger partial charge in [0.05, 0.1) is 0 Å². The molecule has 1 aromatic rings. The predicted octanol–water partition coefficient (Wildman–Crippen LogP) is 1.39. The van der Waals surface area contributed by atoms with Crippen LogP contribution in [0.2, 0.25) is 0 Å². The average molecular weight is 319 g/mol. The van der Waals surface area contributed by atoms with Gasteiger partial charge in [-0.3, -0.25) is 4.79 Å². The van der Waals surface area contributed by atoms with Crippen molar-refractivity contribution in [3.05, 3.63) is 35.9 Å². The summed E-state index contributed by atoms with van der Waals surface area (Å²) < 4.78 is 5.58. The largest absolute Gasteiger partial charge is 0.368 e. The van der Waals surface area contributed by atoms with E-state index in [0.29, 0.717) is 0 Å². The Hall–Kier alpha value is -1.43. The lowest BCUT2D eigenvalue weighted by molar-refractivity contribution is -0.147. The fourth-order valence-corrected chi connectivity index (χ4v) is 3.18. The third kappa shape index (κ3) is 5.03. The number of rotatable bonds is 7. The fourth-order valence-electron chi connectivity index (χ4n) is 3.18. The SMILES string of the molecule is COC1(C(=O)NC(C)CN(C)Cc2ccccc2)CCNCC1.